The Balaban J connectivity index is 2.05. The number of ether oxygens (including phenoxy) is 1. The van der Waals surface area contributed by atoms with Crippen molar-refractivity contribution >= 4 is 17.3 Å². The fraction of sp³-hybridized carbons (Fsp3) is 0.316. The van der Waals surface area contributed by atoms with E-state index in [0.29, 0.717) is 11.4 Å². The van der Waals surface area contributed by atoms with Crippen molar-refractivity contribution in [2.24, 2.45) is 0 Å². The number of hydrogen-bond donors (Lipinski definition) is 1. The van der Waals surface area contributed by atoms with Crippen LogP contribution < -0.4 is 10.1 Å². The summed E-state index contributed by atoms with van der Waals surface area (Å²) < 4.78 is 5.78. The van der Waals surface area contributed by atoms with E-state index in [0.717, 1.165) is 12.0 Å². The van der Waals surface area contributed by atoms with Crippen LogP contribution in [0.2, 0.25) is 0 Å². The highest BCUT2D eigenvalue weighted by Gasteiger charge is 2.26. The maximum absolute atomic E-state index is 12.6. The smallest absolute Gasteiger partial charge is 0.276 e. The molecule has 0 fully saturated rings. The molecule has 3 rings (SSSR count). The lowest BCUT2D eigenvalue weighted by atomic mass is 9.82. The number of nitrogens with zero attached hydrogens (tertiary/aromatic N) is 1. The van der Waals surface area contributed by atoms with Crippen LogP contribution in [-0.2, 0) is 12.0 Å². The second-order valence-electron chi connectivity index (χ2n) is 6.75. The molecule has 1 amide bonds. The summed E-state index contributed by atoms with van der Waals surface area (Å²) in [6.07, 6.45) is 0.954. The molecular formula is C19H20N2O4. The minimum Gasteiger partial charge on any atom is -0.486 e. The van der Waals surface area contributed by atoms with E-state index >= 15 is 0 Å². The highest BCUT2D eigenvalue weighted by Crippen LogP contribution is 2.36. The van der Waals surface area contributed by atoms with Crippen molar-refractivity contribution in [2.75, 3.05) is 5.32 Å². The molecule has 0 bridgehead atoms. The van der Waals surface area contributed by atoms with E-state index in [9.17, 15) is 14.9 Å². The number of nitrogens with one attached hydrogen (secondary N) is 1. The van der Waals surface area contributed by atoms with E-state index < -0.39 is 4.92 Å². The molecule has 0 unspecified atom stereocenters. The zero-order valence-corrected chi connectivity index (χ0v) is 14.5. The van der Waals surface area contributed by atoms with E-state index in [2.05, 4.69) is 26.1 Å². The van der Waals surface area contributed by atoms with Crippen molar-refractivity contribution in [3.63, 3.8) is 0 Å². The van der Waals surface area contributed by atoms with E-state index in [-0.39, 0.29) is 34.7 Å². The molecule has 1 heterocycles. The van der Waals surface area contributed by atoms with Gasteiger partial charge in [-0.2, -0.15) is 0 Å². The number of carbonyl (C=O) groups excluding carboxylic acids is 1. The van der Waals surface area contributed by atoms with Crippen LogP contribution in [0.3, 0.4) is 0 Å². The van der Waals surface area contributed by atoms with Crippen molar-refractivity contribution in [2.45, 2.75) is 39.2 Å². The first kappa shape index (κ1) is 17.0. The lowest BCUT2D eigenvalue weighted by molar-refractivity contribution is -0.385. The van der Waals surface area contributed by atoms with Gasteiger partial charge >= 0.3 is 0 Å². The van der Waals surface area contributed by atoms with Crippen molar-refractivity contribution in [3.05, 3.63) is 63.2 Å². The summed E-state index contributed by atoms with van der Waals surface area (Å²) in [6, 6.07) is 10.2. The van der Waals surface area contributed by atoms with Crippen molar-refractivity contribution in [3.8, 4) is 5.75 Å². The molecule has 2 aromatic rings. The average Bonchev–Trinajstić information content (AvgIpc) is 2.58. The van der Waals surface area contributed by atoms with Gasteiger partial charge in [0.2, 0.25) is 0 Å². The van der Waals surface area contributed by atoms with Crippen LogP contribution in [0.1, 0.15) is 48.7 Å². The van der Waals surface area contributed by atoms with Crippen LogP contribution in [0.5, 0.6) is 5.75 Å². The van der Waals surface area contributed by atoms with Crippen LogP contribution in [0.15, 0.2) is 36.4 Å². The molecule has 2 aromatic carbocycles. The number of fused-ring (bicyclic) bond motifs is 2. The zero-order chi connectivity index (χ0) is 18.2. The van der Waals surface area contributed by atoms with E-state index in [1.54, 1.807) is 6.07 Å². The topological polar surface area (TPSA) is 81.5 Å². The minimum absolute atomic E-state index is 0.0244. The van der Waals surface area contributed by atoms with Gasteiger partial charge in [0.1, 0.15) is 12.4 Å². The van der Waals surface area contributed by atoms with Gasteiger partial charge in [0.05, 0.1) is 21.7 Å². The molecule has 0 aromatic heterocycles. The standard InChI is InChI=1S/C19H20N2O4/c1-4-19(2,3)12-8-9-17-15(10-12)20-18(22)13-6-5-7-16(21(23)24)14(13)11-25-17/h5-10H,4,11H2,1-3H3,(H,20,22). The molecule has 1 N–H and O–H groups in total. The molecule has 25 heavy (non-hydrogen) atoms. The van der Waals surface area contributed by atoms with Crippen LogP contribution >= 0.6 is 0 Å². The van der Waals surface area contributed by atoms with Gasteiger partial charge in [-0.25, -0.2) is 0 Å². The molecule has 6 nitrogen and oxygen atoms in total. The normalized spacial score (nSPS) is 13.6. The highest BCUT2D eigenvalue weighted by atomic mass is 16.6. The molecule has 1 aliphatic heterocycles. The maximum atomic E-state index is 12.6. The third-order valence-electron chi connectivity index (χ3n) is 4.86. The van der Waals surface area contributed by atoms with Gasteiger partial charge in [-0.05, 0) is 35.6 Å². The summed E-state index contributed by atoms with van der Waals surface area (Å²) in [5.74, 6) is 0.141. The first-order valence-corrected chi connectivity index (χ1v) is 8.18. The third kappa shape index (κ3) is 3.07. The number of hydrogen-bond acceptors (Lipinski definition) is 4. The van der Waals surface area contributed by atoms with Gasteiger partial charge in [-0.15, -0.1) is 0 Å². The lowest BCUT2D eigenvalue weighted by Crippen LogP contribution is -2.21. The van der Waals surface area contributed by atoms with Gasteiger partial charge in [0.15, 0.2) is 0 Å². The van der Waals surface area contributed by atoms with E-state index in [1.807, 2.05) is 18.2 Å². The number of nitro groups is 1. The molecule has 0 saturated heterocycles. The SMILES string of the molecule is CCC(C)(C)c1ccc2c(c1)NC(=O)c1cccc([N+](=O)[O-])c1CO2. The summed E-state index contributed by atoms with van der Waals surface area (Å²) in [7, 11) is 0. The first-order chi connectivity index (χ1) is 11.8. The average molecular weight is 340 g/mol. The summed E-state index contributed by atoms with van der Waals surface area (Å²) in [6.45, 7) is 6.36. The van der Waals surface area contributed by atoms with E-state index in [1.165, 1.54) is 12.1 Å². The Morgan fingerprint density at radius 3 is 2.72 bits per heavy atom. The molecule has 6 heteroatoms. The van der Waals surface area contributed by atoms with Crippen molar-refractivity contribution in [1.82, 2.24) is 0 Å². The number of rotatable bonds is 3. The molecule has 1 aliphatic rings. The lowest BCUT2D eigenvalue weighted by Gasteiger charge is -2.26. The fourth-order valence-corrected chi connectivity index (χ4v) is 2.83. The summed E-state index contributed by atoms with van der Waals surface area (Å²) >= 11 is 0. The predicted molar refractivity (Wildman–Crippen MR) is 95.1 cm³/mol. The highest BCUT2D eigenvalue weighted by molar-refractivity contribution is 6.07. The number of amides is 1. The molecule has 0 aliphatic carbocycles. The Bertz CT molecular complexity index is 858. The second-order valence-corrected chi connectivity index (χ2v) is 6.75. The van der Waals surface area contributed by atoms with E-state index in [4.69, 9.17) is 4.74 Å². The molecule has 130 valence electrons. The maximum Gasteiger partial charge on any atom is 0.276 e. The fourth-order valence-electron chi connectivity index (χ4n) is 2.83. The quantitative estimate of drug-likeness (QED) is 0.662. The molecular weight excluding hydrogens is 320 g/mol. The molecule has 0 radical (unpaired) electrons. The summed E-state index contributed by atoms with van der Waals surface area (Å²) in [5.41, 5.74) is 2.09. The monoisotopic (exact) mass is 340 g/mol. The van der Waals surface area contributed by atoms with Crippen LogP contribution in [0.25, 0.3) is 0 Å². The largest absolute Gasteiger partial charge is 0.486 e. The predicted octanol–water partition coefficient (Wildman–Crippen LogP) is 4.43. The Hall–Kier alpha value is -2.89. The number of nitro benzene ring substituents is 1. The number of carbonyl (C=O) groups is 1. The Morgan fingerprint density at radius 2 is 2.04 bits per heavy atom. The van der Waals surface area contributed by atoms with Gasteiger partial charge in [0, 0.05) is 6.07 Å². The second kappa shape index (κ2) is 6.20. The van der Waals surface area contributed by atoms with Crippen LogP contribution in [0.4, 0.5) is 11.4 Å². The van der Waals surface area contributed by atoms with Crippen LogP contribution in [-0.4, -0.2) is 10.8 Å². The minimum atomic E-state index is -0.495. The van der Waals surface area contributed by atoms with Crippen LogP contribution in [0, 0.1) is 10.1 Å². The van der Waals surface area contributed by atoms with Gasteiger partial charge in [-0.1, -0.05) is 32.9 Å². The van der Waals surface area contributed by atoms with Gasteiger partial charge in [0.25, 0.3) is 11.6 Å². The first-order valence-electron chi connectivity index (χ1n) is 8.18. The van der Waals surface area contributed by atoms with Crippen molar-refractivity contribution < 1.29 is 14.5 Å². The Labute approximate surface area is 146 Å². The van der Waals surface area contributed by atoms with Gasteiger partial charge < -0.3 is 10.1 Å². The molecule has 0 atom stereocenters. The summed E-state index contributed by atoms with van der Waals surface area (Å²) in [5, 5.41) is 14.1. The zero-order valence-electron chi connectivity index (χ0n) is 14.5. The van der Waals surface area contributed by atoms with Crippen molar-refractivity contribution in [1.29, 1.82) is 0 Å². The Morgan fingerprint density at radius 1 is 1.28 bits per heavy atom. The third-order valence-corrected chi connectivity index (χ3v) is 4.86. The molecule has 0 saturated carbocycles. The summed E-state index contributed by atoms with van der Waals surface area (Å²) in [4.78, 5) is 23.4. The number of benzene rings is 2. The van der Waals surface area contributed by atoms with Gasteiger partial charge in [-0.3, -0.25) is 14.9 Å². The number of anilines is 1. The Kier molecular flexibility index (Phi) is 4.20. The molecule has 0 spiro atoms.